The summed E-state index contributed by atoms with van der Waals surface area (Å²) in [4.78, 5) is 100. The molecule has 3 N–H and O–H groups in total. The second-order valence-corrected chi connectivity index (χ2v) is 17.0. The maximum absolute atomic E-state index is 14.2. The van der Waals surface area contributed by atoms with Crippen LogP contribution in [0.5, 0.6) is 0 Å². The maximum Gasteiger partial charge on any atom is 0.334 e. The first-order valence-corrected chi connectivity index (χ1v) is 20.6. The zero-order valence-electron chi connectivity index (χ0n) is 37.9. The van der Waals surface area contributed by atoms with Gasteiger partial charge in [-0.05, 0) is 62.9 Å². The summed E-state index contributed by atoms with van der Waals surface area (Å²) in [7, 11) is 4.35. The Morgan fingerprint density at radius 3 is 1.86 bits per heavy atom. The lowest BCUT2D eigenvalue weighted by molar-refractivity contribution is -0.160. The highest BCUT2D eigenvalue weighted by molar-refractivity contribution is 5.96. The highest BCUT2D eigenvalue weighted by Crippen LogP contribution is 2.25. The van der Waals surface area contributed by atoms with Gasteiger partial charge < -0.3 is 39.9 Å². The van der Waals surface area contributed by atoms with E-state index in [0.717, 1.165) is 0 Å². The number of carbonyl (C=O) groups excluding carboxylic acids is 7. The van der Waals surface area contributed by atoms with Crippen molar-refractivity contribution in [1.82, 2.24) is 25.3 Å². The first kappa shape index (κ1) is 51.7. The van der Waals surface area contributed by atoms with Gasteiger partial charge in [-0.3, -0.25) is 24.0 Å². The van der Waals surface area contributed by atoms with Crippen LogP contribution in [0.25, 0.3) is 0 Å². The van der Waals surface area contributed by atoms with Gasteiger partial charge in [-0.25, -0.2) is 9.59 Å². The summed E-state index contributed by atoms with van der Waals surface area (Å²) in [5.41, 5.74) is 0.824. The van der Waals surface area contributed by atoms with Gasteiger partial charge in [0.05, 0.1) is 12.6 Å². The van der Waals surface area contributed by atoms with E-state index in [1.807, 2.05) is 26.8 Å². The number of aliphatic hydroxyl groups excluding tert-OH is 1. The molecule has 1 aliphatic rings. The molecule has 15 heteroatoms. The summed E-state index contributed by atoms with van der Waals surface area (Å²) in [5, 5.41) is 16.8. The van der Waals surface area contributed by atoms with Gasteiger partial charge in [-0.1, -0.05) is 87.8 Å². The Morgan fingerprint density at radius 2 is 1.36 bits per heavy atom. The Morgan fingerprint density at radius 1 is 0.828 bits per heavy atom. The van der Waals surface area contributed by atoms with Crippen molar-refractivity contribution in [3.05, 3.63) is 23.3 Å². The van der Waals surface area contributed by atoms with Gasteiger partial charge in [-0.15, -0.1) is 0 Å². The topological polar surface area (TPSA) is 192 Å². The normalized spacial score (nSPS) is 29.6. The van der Waals surface area contributed by atoms with Gasteiger partial charge in [0.25, 0.3) is 5.91 Å². The molecule has 5 amide bonds. The number of nitrogens with one attached hydrogen (secondary N) is 2. The smallest absolute Gasteiger partial charge is 0.334 e. The third kappa shape index (κ3) is 13.9. The number of nitrogens with zero attached hydrogens (tertiary/aromatic N) is 3. The number of ether oxygens (including phenoxy) is 2. The number of hydrogen-bond acceptors (Lipinski definition) is 10. The van der Waals surface area contributed by atoms with Crippen LogP contribution in [0.15, 0.2) is 23.3 Å². The molecule has 0 bridgehead atoms. The van der Waals surface area contributed by atoms with Crippen molar-refractivity contribution in [2.24, 2.45) is 29.6 Å². The Kier molecular flexibility index (Phi) is 20.8. The summed E-state index contributed by atoms with van der Waals surface area (Å²) in [6, 6.07) is -4.26. The molecule has 0 aromatic carbocycles. The average Bonchev–Trinajstić information content (AvgIpc) is 3.16. The molecule has 0 saturated carbocycles. The van der Waals surface area contributed by atoms with Crippen molar-refractivity contribution in [3.63, 3.8) is 0 Å². The highest BCUT2D eigenvalue weighted by atomic mass is 16.6. The number of likely N-dealkylation sites (N-methyl/N-ethyl adjacent to an activating group) is 3. The fraction of sp³-hybridized carbons (Fsp3) is 0.744. The van der Waals surface area contributed by atoms with Crippen molar-refractivity contribution in [3.8, 4) is 0 Å². The van der Waals surface area contributed by atoms with Crippen LogP contribution in [-0.2, 0) is 43.0 Å². The second kappa shape index (κ2) is 23.4. The van der Waals surface area contributed by atoms with Gasteiger partial charge in [0, 0.05) is 32.6 Å². The summed E-state index contributed by atoms with van der Waals surface area (Å²) in [5.74, 6) is -6.78. The van der Waals surface area contributed by atoms with Crippen LogP contribution >= 0.6 is 0 Å². The Balaban J connectivity index is 3.85. The van der Waals surface area contributed by atoms with E-state index < -0.39 is 114 Å². The van der Waals surface area contributed by atoms with Crippen molar-refractivity contribution in [1.29, 1.82) is 0 Å². The number of hydrogen-bond donors (Lipinski definition) is 3. The zero-order valence-corrected chi connectivity index (χ0v) is 37.9. The molecule has 9 atom stereocenters. The van der Waals surface area contributed by atoms with E-state index in [4.69, 9.17) is 9.47 Å². The summed E-state index contributed by atoms with van der Waals surface area (Å²) >= 11 is 0. The fourth-order valence-corrected chi connectivity index (χ4v) is 6.71. The third-order valence-corrected chi connectivity index (χ3v) is 11.1. The predicted molar refractivity (Wildman–Crippen MR) is 222 cm³/mol. The predicted octanol–water partition coefficient (Wildman–Crippen LogP) is 3.63. The van der Waals surface area contributed by atoms with Crippen molar-refractivity contribution < 1.29 is 48.1 Å². The molecule has 1 heterocycles. The van der Waals surface area contributed by atoms with Crippen LogP contribution in [0.4, 0.5) is 0 Å². The lowest BCUT2D eigenvalue weighted by atomic mass is 9.90. The number of cyclic esters (lactones) is 2. The SMILES string of the molecule is CC/C=C(\C)[C@H]1OC(=O)[C@H](C)N(C)C(=O)[C@H](C(C)C)NC(=O)CN(C)C(=O)[C@H]([C@H](C)CC)N(C)C(=O)[C@H](C(C)C)NC(=O)[C@@H](C(C)C)OC(=O)/C(C)=C\C[C@H](O)[C@@H]1C. The Bertz CT molecular complexity index is 1520. The minimum atomic E-state index is -1.28. The Labute approximate surface area is 346 Å². The van der Waals surface area contributed by atoms with E-state index in [2.05, 4.69) is 10.6 Å². The van der Waals surface area contributed by atoms with Crippen LogP contribution < -0.4 is 10.6 Å². The van der Waals surface area contributed by atoms with Gasteiger partial charge in [0.1, 0.15) is 30.3 Å². The molecular formula is C43H73N5O10. The van der Waals surface area contributed by atoms with E-state index in [1.165, 1.54) is 55.8 Å². The maximum atomic E-state index is 14.2. The number of carbonyl (C=O) groups is 7. The van der Waals surface area contributed by atoms with Crippen LogP contribution in [0.1, 0.15) is 109 Å². The fourth-order valence-electron chi connectivity index (χ4n) is 6.71. The molecule has 1 rings (SSSR count). The van der Waals surface area contributed by atoms with Crippen molar-refractivity contribution in [2.45, 2.75) is 152 Å². The van der Waals surface area contributed by atoms with Crippen LogP contribution in [0.2, 0.25) is 0 Å². The summed E-state index contributed by atoms with van der Waals surface area (Å²) in [6.45, 7) is 22.1. The lowest BCUT2D eigenvalue weighted by Gasteiger charge is -2.37. The first-order valence-electron chi connectivity index (χ1n) is 20.6. The highest BCUT2D eigenvalue weighted by Gasteiger charge is 2.40. The number of amides is 5. The van der Waals surface area contributed by atoms with Gasteiger partial charge in [-0.2, -0.15) is 0 Å². The molecule has 0 radical (unpaired) electrons. The zero-order chi connectivity index (χ0) is 44.9. The van der Waals surface area contributed by atoms with E-state index >= 15 is 0 Å². The van der Waals surface area contributed by atoms with Crippen LogP contribution in [0, 0.1) is 29.6 Å². The van der Waals surface area contributed by atoms with Crippen LogP contribution in [-0.4, -0.2) is 131 Å². The molecule has 0 aromatic rings. The molecule has 0 aliphatic carbocycles. The minimum Gasteiger partial charge on any atom is -0.456 e. The largest absolute Gasteiger partial charge is 0.456 e. The first-order chi connectivity index (χ1) is 26.8. The van der Waals surface area contributed by atoms with Crippen molar-refractivity contribution in [2.75, 3.05) is 27.7 Å². The third-order valence-electron chi connectivity index (χ3n) is 11.1. The van der Waals surface area contributed by atoms with Crippen LogP contribution in [0.3, 0.4) is 0 Å². The molecule has 0 spiro atoms. The van der Waals surface area contributed by atoms with E-state index in [9.17, 15) is 38.7 Å². The molecule has 15 nitrogen and oxygen atoms in total. The van der Waals surface area contributed by atoms with E-state index in [1.54, 1.807) is 55.4 Å². The number of rotatable bonds is 7. The molecule has 0 unspecified atom stereocenters. The van der Waals surface area contributed by atoms with Gasteiger partial charge in [0.2, 0.25) is 23.6 Å². The Hall–Kier alpha value is -4.27. The standard InChI is InChI=1S/C43H73N5O10/c1-17-19-27(10)37-29(12)31(49)21-20-28(11)42(55)57-36(25(7)8)38(51)45-34(24(5)6)40(53)48(16)35(26(9)18-2)41(54)46(14)22-32(50)44-33(23(3)4)39(52)47(15)30(13)43(56)58-37/h19-20,23-26,29-31,33-37,49H,17-18,21-22H2,1-16H3,(H,44,50)(H,45,51)/b27-19+,28-20-/t26-,29+,30+,31+,33+,34+,35+,36-,37-/m1/s1. The van der Waals surface area contributed by atoms with Gasteiger partial charge >= 0.3 is 11.9 Å². The van der Waals surface area contributed by atoms with E-state index in [0.29, 0.717) is 18.4 Å². The summed E-state index contributed by atoms with van der Waals surface area (Å²) in [6.07, 6.45) is 1.25. The van der Waals surface area contributed by atoms with Crippen molar-refractivity contribution >= 4 is 41.5 Å². The summed E-state index contributed by atoms with van der Waals surface area (Å²) < 4.78 is 11.7. The van der Waals surface area contributed by atoms with E-state index in [-0.39, 0.29) is 17.9 Å². The molecule has 0 fully saturated rings. The number of aliphatic hydroxyl groups is 1. The molecule has 58 heavy (non-hydrogen) atoms. The minimum absolute atomic E-state index is 0.0146. The monoisotopic (exact) mass is 820 g/mol. The second-order valence-electron chi connectivity index (χ2n) is 17.0. The number of esters is 2. The average molecular weight is 820 g/mol. The van der Waals surface area contributed by atoms with Gasteiger partial charge in [0.15, 0.2) is 6.10 Å². The molecule has 0 saturated heterocycles. The molecule has 330 valence electrons. The number of allylic oxidation sites excluding steroid dienone is 1. The lowest BCUT2D eigenvalue weighted by Crippen LogP contribution is -2.60. The molecular weight excluding hydrogens is 746 g/mol. The molecule has 1 aliphatic heterocycles. The quantitative estimate of drug-likeness (QED) is 0.253. The molecule has 0 aromatic heterocycles.